The Balaban J connectivity index is 1.59. The van der Waals surface area contributed by atoms with Crippen LogP contribution in [0.3, 0.4) is 0 Å². The topological polar surface area (TPSA) is 61.8 Å². The van der Waals surface area contributed by atoms with Gasteiger partial charge in [0.25, 0.3) is 0 Å². The number of anilines is 1. The molecule has 0 saturated carbocycles. The normalized spacial score (nSPS) is 17.5. The van der Waals surface area contributed by atoms with E-state index < -0.39 is 6.61 Å². The quantitative estimate of drug-likeness (QED) is 0.524. The van der Waals surface area contributed by atoms with Crippen LogP contribution in [0.4, 0.5) is 14.5 Å². The highest BCUT2D eigenvalue weighted by molar-refractivity contribution is 7.11. The molecular formula is C20H27F2N5OS. The van der Waals surface area contributed by atoms with Gasteiger partial charge in [-0.3, -0.25) is 0 Å². The molecule has 1 aliphatic rings. The molecule has 2 heterocycles. The van der Waals surface area contributed by atoms with Gasteiger partial charge in [0.05, 0.1) is 6.54 Å². The molecule has 9 heteroatoms. The number of alkyl halides is 2. The summed E-state index contributed by atoms with van der Waals surface area (Å²) in [7, 11) is 0. The Kier molecular flexibility index (Phi) is 7.62. The second-order valence-electron chi connectivity index (χ2n) is 6.86. The maximum absolute atomic E-state index is 12.3. The largest absolute Gasteiger partial charge is 0.435 e. The van der Waals surface area contributed by atoms with E-state index in [1.54, 1.807) is 23.5 Å². The van der Waals surface area contributed by atoms with Crippen LogP contribution in [-0.4, -0.2) is 43.2 Å². The van der Waals surface area contributed by atoms with Crippen molar-refractivity contribution < 1.29 is 13.5 Å². The maximum atomic E-state index is 12.3. The summed E-state index contributed by atoms with van der Waals surface area (Å²) in [6.07, 6.45) is 3.95. The molecule has 0 radical (unpaired) electrons. The van der Waals surface area contributed by atoms with Crippen LogP contribution in [0.2, 0.25) is 0 Å². The fourth-order valence-corrected chi connectivity index (χ4v) is 4.01. The molecule has 1 fully saturated rings. The molecule has 2 aromatic rings. The highest BCUT2D eigenvalue weighted by atomic mass is 32.1. The van der Waals surface area contributed by atoms with Crippen molar-refractivity contribution in [2.75, 3.05) is 24.5 Å². The van der Waals surface area contributed by atoms with E-state index in [1.807, 2.05) is 32.2 Å². The van der Waals surface area contributed by atoms with Gasteiger partial charge in [0, 0.05) is 42.4 Å². The first-order chi connectivity index (χ1) is 14.0. The number of aliphatic imine (C=N–C) groups is 1. The van der Waals surface area contributed by atoms with Crippen LogP contribution < -0.4 is 20.3 Å². The molecule has 3 rings (SSSR count). The molecular weight excluding hydrogens is 396 g/mol. The molecule has 0 amide bonds. The molecule has 1 unspecified atom stereocenters. The predicted molar refractivity (Wildman–Crippen MR) is 113 cm³/mol. The average Bonchev–Trinajstić information content (AvgIpc) is 3.12. The van der Waals surface area contributed by atoms with Crippen LogP contribution in [0, 0.1) is 6.92 Å². The molecule has 0 bridgehead atoms. The number of nitrogens with one attached hydrogen (secondary N) is 2. The zero-order valence-corrected chi connectivity index (χ0v) is 17.5. The summed E-state index contributed by atoms with van der Waals surface area (Å²) in [5.41, 5.74) is 0.998. The van der Waals surface area contributed by atoms with E-state index >= 15 is 0 Å². The Morgan fingerprint density at radius 2 is 2.17 bits per heavy atom. The van der Waals surface area contributed by atoms with Crippen molar-refractivity contribution in [3.05, 3.63) is 40.3 Å². The lowest BCUT2D eigenvalue weighted by Crippen LogP contribution is -2.51. The van der Waals surface area contributed by atoms with Gasteiger partial charge >= 0.3 is 6.61 Å². The number of halogens is 2. The summed E-state index contributed by atoms with van der Waals surface area (Å²) in [6.45, 7) is 4.36. The number of rotatable bonds is 7. The zero-order chi connectivity index (χ0) is 20.6. The lowest BCUT2D eigenvalue weighted by Gasteiger charge is -2.35. The van der Waals surface area contributed by atoms with Crippen LogP contribution in [-0.2, 0) is 6.54 Å². The number of piperidine rings is 1. The van der Waals surface area contributed by atoms with Gasteiger partial charge in [-0.15, -0.1) is 11.3 Å². The molecule has 6 nitrogen and oxygen atoms in total. The van der Waals surface area contributed by atoms with E-state index in [4.69, 9.17) is 0 Å². The number of aromatic nitrogens is 1. The lowest BCUT2D eigenvalue weighted by atomic mass is 10.0. The second-order valence-corrected chi connectivity index (χ2v) is 8.18. The van der Waals surface area contributed by atoms with Gasteiger partial charge in [0.15, 0.2) is 5.96 Å². The van der Waals surface area contributed by atoms with Gasteiger partial charge in [-0.25, -0.2) is 9.98 Å². The summed E-state index contributed by atoms with van der Waals surface area (Å²) < 4.78 is 29.1. The molecule has 29 heavy (non-hydrogen) atoms. The zero-order valence-electron chi connectivity index (χ0n) is 16.7. The maximum Gasteiger partial charge on any atom is 0.387 e. The smallest absolute Gasteiger partial charge is 0.387 e. The van der Waals surface area contributed by atoms with E-state index in [1.165, 1.54) is 4.88 Å². The molecule has 0 aliphatic carbocycles. The minimum Gasteiger partial charge on any atom is -0.435 e. The molecule has 1 aliphatic heterocycles. The minimum atomic E-state index is -2.80. The van der Waals surface area contributed by atoms with Gasteiger partial charge in [-0.2, -0.15) is 8.78 Å². The number of ether oxygens (including phenoxy) is 1. The minimum absolute atomic E-state index is 0.175. The third kappa shape index (κ3) is 6.56. The van der Waals surface area contributed by atoms with Crippen molar-refractivity contribution in [3.8, 4) is 5.75 Å². The summed E-state index contributed by atoms with van der Waals surface area (Å²) >= 11 is 1.66. The fourth-order valence-electron chi connectivity index (χ4n) is 3.30. The predicted octanol–water partition coefficient (Wildman–Crippen LogP) is 3.78. The van der Waals surface area contributed by atoms with Crippen molar-refractivity contribution in [1.29, 1.82) is 0 Å². The summed E-state index contributed by atoms with van der Waals surface area (Å²) in [5, 5.41) is 7.81. The van der Waals surface area contributed by atoms with E-state index in [2.05, 4.69) is 30.2 Å². The molecule has 0 spiro atoms. The van der Waals surface area contributed by atoms with Gasteiger partial charge in [0.1, 0.15) is 10.8 Å². The van der Waals surface area contributed by atoms with Crippen molar-refractivity contribution in [3.63, 3.8) is 0 Å². The summed E-state index contributed by atoms with van der Waals surface area (Å²) in [4.78, 5) is 12.5. The second kappa shape index (κ2) is 10.4. The number of guanidine groups is 1. The van der Waals surface area contributed by atoms with Crippen LogP contribution >= 0.6 is 11.3 Å². The SMILES string of the molecule is CCNC(=NCc1ncc(C)s1)NC1CCCN(c2ccc(OC(F)F)cc2)C1. The van der Waals surface area contributed by atoms with Gasteiger partial charge in [0.2, 0.25) is 0 Å². The molecule has 158 valence electrons. The number of thiazole rings is 1. The standard InChI is InChI=1S/C20H27F2N5OS/c1-3-23-20(25-12-18-24-11-14(2)29-18)26-15-5-4-10-27(13-15)16-6-8-17(9-7-16)28-19(21)22/h6-9,11,15,19H,3-5,10,12-13H2,1-2H3,(H2,23,25,26). The Morgan fingerprint density at radius 1 is 1.38 bits per heavy atom. The summed E-state index contributed by atoms with van der Waals surface area (Å²) in [5.74, 6) is 0.960. The van der Waals surface area contributed by atoms with E-state index in [-0.39, 0.29) is 11.8 Å². The monoisotopic (exact) mass is 423 g/mol. The molecule has 1 aromatic carbocycles. The van der Waals surface area contributed by atoms with Crippen LogP contribution in [0.5, 0.6) is 5.75 Å². The Hall–Kier alpha value is -2.42. The number of aryl methyl sites for hydroxylation is 1. The third-order valence-corrected chi connectivity index (χ3v) is 5.47. The fraction of sp³-hybridized carbons (Fsp3) is 0.500. The molecule has 1 aromatic heterocycles. The highest BCUT2D eigenvalue weighted by Gasteiger charge is 2.21. The Morgan fingerprint density at radius 3 is 2.83 bits per heavy atom. The molecule has 1 saturated heterocycles. The van der Waals surface area contributed by atoms with Crippen molar-refractivity contribution >= 4 is 23.0 Å². The van der Waals surface area contributed by atoms with E-state index in [0.717, 1.165) is 49.1 Å². The van der Waals surface area contributed by atoms with E-state index in [0.29, 0.717) is 6.54 Å². The first-order valence-corrected chi connectivity index (χ1v) is 10.6. The van der Waals surface area contributed by atoms with Crippen LogP contribution in [0.1, 0.15) is 29.7 Å². The lowest BCUT2D eigenvalue weighted by molar-refractivity contribution is -0.0498. The van der Waals surface area contributed by atoms with Crippen LogP contribution in [0.15, 0.2) is 35.5 Å². The van der Waals surface area contributed by atoms with Crippen molar-refractivity contribution in [2.45, 2.75) is 45.9 Å². The van der Waals surface area contributed by atoms with Gasteiger partial charge < -0.3 is 20.3 Å². The molecule has 1 atom stereocenters. The van der Waals surface area contributed by atoms with Crippen molar-refractivity contribution in [2.24, 2.45) is 4.99 Å². The number of nitrogens with zero attached hydrogens (tertiary/aromatic N) is 3. The van der Waals surface area contributed by atoms with Crippen LogP contribution in [0.25, 0.3) is 0 Å². The van der Waals surface area contributed by atoms with Crippen molar-refractivity contribution in [1.82, 2.24) is 15.6 Å². The number of benzene rings is 1. The molecule has 2 N–H and O–H groups in total. The average molecular weight is 424 g/mol. The highest BCUT2D eigenvalue weighted by Crippen LogP contribution is 2.24. The van der Waals surface area contributed by atoms with E-state index in [9.17, 15) is 8.78 Å². The van der Waals surface area contributed by atoms with Gasteiger partial charge in [-0.05, 0) is 51.0 Å². The van der Waals surface area contributed by atoms with Gasteiger partial charge in [-0.1, -0.05) is 0 Å². The third-order valence-electron chi connectivity index (χ3n) is 4.58. The number of hydrogen-bond donors (Lipinski definition) is 2. The first-order valence-electron chi connectivity index (χ1n) is 9.79. The first kappa shape index (κ1) is 21.3. The summed E-state index contributed by atoms with van der Waals surface area (Å²) in [6, 6.07) is 7.06. The number of hydrogen-bond acceptors (Lipinski definition) is 5. The Bertz CT molecular complexity index is 796. The Labute approximate surface area is 174 Å².